The number of benzene rings is 2. The summed E-state index contributed by atoms with van der Waals surface area (Å²) >= 11 is 3.32. The molecule has 25 heavy (non-hydrogen) atoms. The fourth-order valence-corrected chi connectivity index (χ4v) is 2.06. The number of ether oxygens (including phenoxy) is 4. The van der Waals surface area contributed by atoms with E-state index in [0.29, 0.717) is 23.7 Å². The summed E-state index contributed by atoms with van der Waals surface area (Å²) in [6.07, 6.45) is 0. The van der Waals surface area contributed by atoms with Crippen LogP contribution >= 0.6 is 15.9 Å². The Kier molecular flexibility index (Phi) is 7.43. The molecule has 0 N–H and O–H groups in total. The van der Waals surface area contributed by atoms with E-state index in [0.717, 1.165) is 4.47 Å². The molecule has 0 atom stereocenters. The van der Waals surface area contributed by atoms with Crippen molar-refractivity contribution in [3.05, 3.63) is 58.6 Å². The first kappa shape index (κ1) is 19.0. The Labute approximate surface area is 153 Å². The summed E-state index contributed by atoms with van der Waals surface area (Å²) in [5.41, 5.74) is 0.363. The molecule has 6 nitrogen and oxygen atoms in total. The highest BCUT2D eigenvalue weighted by atomic mass is 79.9. The molecule has 0 heterocycles. The van der Waals surface area contributed by atoms with Crippen LogP contribution in [-0.2, 0) is 14.3 Å². The van der Waals surface area contributed by atoms with Crippen molar-refractivity contribution in [1.29, 1.82) is 0 Å². The minimum Gasteiger partial charge on any atom is -0.482 e. The van der Waals surface area contributed by atoms with Crippen LogP contribution in [0.15, 0.2) is 53.0 Å². The van der Waals surface area contributed by atoms with Gasteiger partial charge in [0.2, 0.25) is 0 Å². The molecule has 0 aliphatic carbocycles. The maximum absolute atomic E-state index is 11.8. The van der Waals surface area contributed by atoms with Crippen molar-refractivity contribution in [3.8, 4) is 11.5 Å². The third kappa shape index (κ3) is 6.56. The molecular weight excluding hydrogens is 392 g/mol. The number of carbonyl (C=O) groups is 2. The number of rotatable bonds is 8. The van der Waals surface area contributed by atoms with Crippen molar-refractivity contribution in [3.63, 3.8) is 0 Å². The largest absolute Gasteiger partial charge is 0.482 e. The van der Waals surface area contributed by atoms with Gasteiger partial charge < -0.3 is 18.9 Å². The molecule has 2 aromatic carbocycles. The lowest BCUT2D eigenvalue weighted by Gasteiger charge is -2.08. The quantitative estimate of drug-likeness (QED) is 0.379. The van der Waals surface area contributed by atoms with Gasteiger partial charge >= 0.3 is 11.9 Å². The number of carbonyl (C=O) groups excluding carboxylic acids is 2. The Morgan fingerprint density at radius 1 is 0.920 bits per heavy atom. The number of halogens is 1. The van der Waals surface area contributed by atoms with Gasteiger partial charge in [-0.25, -0.2) is 9.59 Å². The van der Waals surface area contributed by atoms with Gasteiger partial charge in [0.1, 0.15) is 18.1 Å². The fraction of sp³-hybridized carbons (Fsp3) is 0.222. The van der Waals surface area contributed by atoms with Crippen LogP contribution in [0.25, 0.3) is 0 Å². The van der Waals surface area contributed by atoms with Crippen molar-refractivity contribution in [1.82, 2.24) is 0 Å². The molecule has 2 rings (SSSR count). The molecule has 132 valence electrons. The molecule has 0 spiro atoms. The minimum atomic E-state index is -0.543. The minimum absolute atomic E-state index is 0.180. The molecule has 0 fully saturated rings. The molecule has 7 heteroatoms. The van der Waals surface area contributed by atoms with E-state index >= 15 is 0 Å². The Hall–Kier alpha value is -2.38. The highest BCUT2D eigenvalue weighted by Gasteiger charge is 2.10. The summed E-state index contributed by atoms with van der Waals surface area (Å²) in [7, 11) is 1.53. The average molecular weight is 409 g/mol. The van der Waals surface area contributed by atoms with Crippen molar-refractivity contribution in [2.75, 3.05) is 26.9 Å². The first-order valence-electron chi connectivity index (χ1n) is 7.43. The SMILES string of the molecule is COCCOC(=O)c1ccc(OC(=O)COc2ccc(Br)cc2)cc1. The van der Waals surface area contributed by atoms with E-state index in [1.54, 1.807) is 12.1 Å². The van der Waals surface area contributed by atoms with E-state index in [-0.39, 0.29) is 13.2 Å². The summed E-state index contributed by atoms with van der Waals surface area (Å²) < 4.78 is 21.2. The van der Waals surface area contributed by atoms with Crippen LogP contribution in [0.5, 0.6) is 11.5 Å². The van der Waals surface area contributed by atoms with Gasteiger partial charge in [-0.15, -0.1) is 0 Å². The molecule has 0 saturated heterocycles. The highest BCUT2D eigenvalue weighted by Crippen LogP contribution is 2.17. The van der Waals surface area contributed by atoms with Crippen LogP contribution in [-0.4, -0.2) is 38.9 Å². The molecule has 0 aromatic heterocycles. The van der Waals surface area contributed by atoms with Gasteiger partial charge in [-0.05, 0) is 48.5 Å². The zero-order chi connectivity index (χ0) is 18.1. The summed E-state index contributed by atoms with van der Waals surface area (Å²) in [4.78, 5) is 23.5. The third-order valence-corrected chi connectivity index (χ3v) is 3.54. The van der Waals surface area contributed by atoms with E-state index in [1.165, 1.54) is 31.4 Å². The monoisotopic (exact) mass is 408 g/mol. The normalized spacial score (nSPS) is 10.2. The molecule has 0 aliphatic heterocycles. The molecule has 2 aromatic rings. The first-order valence-corrected chi connectivity index (χ1v) is 8.23. The summed E-state index contributed by atoms with van der Waals surface area (Å²) in [5.74, 6) is -0.126. The predicted molar refractivity (Wildman–Crippen MR) is 93.9 cm³/mol. The topological polar surface area (TPSA) is 71.1 Å². The van der Waals surface area contributed by atoms with Gasteiger partial charge in [-0.2, -0.15) is 0 Å². The molecule has 0 aliphatic rings. The van der Waals surface area contributed by atoms with E-state index < -0.39 is 11.9 Å². The molecule has 0 unspecified atom stereocenters. The van der Waals surface area contributed by atoms with Gasteiger partial charge in [0.15, 0.2) is 6.61 Å². The van der Waals surface area contributed by atoms with Crippen molar-refractivity contribution >= 4 is 27.9 Å². The molecule has 0 amide bonds. The van der Waals surface area contributed by atoms with E-state index in [1.807, 2.05) is 12.1 Å². The second kappa shape index (κ2) is 9.80. The lowest BCUT2D eigenvalue weighted by atomic mass is 10.2. The molecule has 0 radical (unpaired) electrons. The lowest BCUT2D eigenvalue weighted by molar-refractivity contribution is -0.136. The Morgan fingerprint density at radius 3 is 2.20 bits per heavy atom. The number of hydrogen-bond donors (Lipinski definition) is 0. The van der Waals surface area contributed by atoms with Gasteiger partial charge in [0.25, 0.3) is 0 Å². The van der Waals surface area contributed by atoms with Crippen LogP contribution in [0, 0.1) is 0 Å². The van der Waals surface area contributed by atoms with Crippen LogP contribution < -0.4 is 9.47 Å². The number of methoxy groups -OCH3 is 1. The van der Waals surface area contributed by atoms with Crippen LogP contribution in [0.3, 0.4) is 0 Å². The Bertz CT molecular complexity index is 697. The van der Waals surface area contributed by atoms with E-state index in [2.05, 4.69) is 15.9 Å². The van der Waals surface area contributed by atoms with Crippen LogP contribution in [0.2, 0.25) is 0 Å². The van der Waals surface area contributed by atoms with Gasteiger partial charge in [0, 0.05) is 11.6 Å². The summed E-state index contributed by atoms with van der Waals surface area (Å²) in [6.45, 7) is 0.293. The zero-order valence-corrected chi connectivity index (χ0v) is 15.2. The van der Waals surface area contributed by atoms with E-state index in [4.69, 9.17) is 18.9 Å². The maximum atomic E-state index is 11.8. The van der Waals surface area contributed by atoms with Crippen LogP contribution in [0.1, 0.15) is 10.4 Å². The number of hydrogen-bond acceptors (Lipinski definition) is 6. The first-order chi connectivity index (χ1) is 12.1. The van der Waals surface area contributed by atoms with Gasteiger partial charge in [0.05, 0.1) is 12.2 Å². The van der Waals surface area contributed by atoms with Crippen molar-refractivity contribution in [2.24, 2.45) is 0 Å². The Balaban J connectivity index is 1.80. The highest BCUT2D eigenvalue weighted by molar-refractivity contribution is 9.10. The fourth-order valence-electron chi connectivity index (χ4n) is 1.79. The lowest BCUT2D eigenvalue weighted by Crippen LogP contribution is -2.17. The Morgan fingerprint density at radius 2 is 1.56 bits per heavy atom. The van der Waals surface area contributed by atoms with Gasteiger partial charge in [-0.1, -0.05) is 15.9 Å². The molecule has 0 saturated carbocycles. The van der Waals surface area contributed by atoms with Crippen molar-refractivity contribution in [2.45, 2.75) is 0 Å². The smallest absolute Gasteiger partial charge is 0.349 e. The summed E-state index contributed by atoms with van der Waals surface area (Å²) in [5, 5.41) is 0. The molecule has 0 bridgehead atoms. The van der Waals surface area contributed by atoms with Crippen LogP contribution in [0.4, 0.5) is 0 Å². The summed E-state index contributed by atoms with van der Waals surface area (Å²) in [6, 6.07) is 13.2. The second-order valence-corrected chi connectivity index (χ2v) is 5.79. The zero-order valence-electron chi connectivity index (χ0n) is 13.6. The maximum Gasteiger partial charge on any atom is 0.349 e. The average Bonchev–Trinajstić information content (AvgIpc) is 2.62. The van der Waals surface area contributed by atoms with Gasteiger partial charge in [-0.3, -0.25) is 0 Å². The predicted octanol–water partition coefficient (Wildman–Crippen LogP) is 3.24. The second-order valence-electron chi connectivity index (χ2n) is 4.87. The molecular formula is C18H17BrO6. The third-order valence-electron chi connectivity index (χ3n) is 3.01. The number of esters is 2. The van der Waals surface area contributed by atoms with E-state index in [9.17, 15) is 9.59 Å². The van der Waals surface area contributed by atoms with Crippen molar-refractivity contribution < 1.29 is 28.5 Å². The standard InChI is InChI=1S/C18H17BrO6/c1-22-10-11-23-18(21)13-2-6-16(7-3-13)25-17(20)12-24-15-8-4-14(19)5-9-15/h2-9H,10-12H2,1H3.